The van der Waals surface area contributed by atoms with E-state index >= 15 is 0 Å². The molecule has 0 aromatic heterocycles. The number of nitrogens with one attached hydrogen (secondary N) is 2. The fourth-order valence-electron chi connectivity index (χ4n) is 3.35. The number of carbonyl (C=O) groups is 1. The zero-order valence-corrected chi connectivity index (χ0v) is 19.6. The van der Waals surface area contributed by atoms with E-state index in [9.17, 15) is 36.5 Å². The zero-order chi connectivity index (χ0) is 25.8. The summed E-state index contributed by atoms with van der Waals surface area (Å²) in [6.07, 6.45) is -3.59. The summed E-state index contributed by atoms with van der Waals surface area (Å²) in [5.41, 5.74) is 0.146. The lowest BCUT2D eigenvalue weighted by atomic mass is 9.85. The van der Waals surface area contributed by atoms with Gasteiger partial charge in [-0.3, -0.25) is 10.1 Å². The number of carbonyl (C=O) groups excluding carboxylic acids is 1. The largest absolute Gasteiger partial charge is 0.453 e. The first kappa shape index (κ1) is 27.1. The van der Waals surface area contributed by atoms with Crippen molar-refractivity contribution in [3.63, 3.8) is 0 Å². The first-order valence-corrected chi connectivity index (χ1v) is 11.6. The van der Waals surface area contributed by atoms with Crippen molar-refractivity contribution >= 4 is 27.3 Å². The summed E-state index contributed by atoms with van der Waals surface area (Å²) >= 11 is 0. The predicted molar refractivity (Wildman–Crippen MR) is 119 cm³/mol. The van der Waals surface area contributed by atoms with Crippen molar-refractivity contribution in [3.05, 3.63) is 68.3 Å². The highest BCUT2D eigenvalue weighted by Gasteiger charge is 2.35. The van der Waals surface area contributed by atoms with Crippen LogP contribution in [0.3, 0.4) is 0 Å². The smallest absolute Gasteiger partial charge is 0.422 e. The summed E-state index contributed by atoms with van der Waals surface area (Å²) in [4.78, 5) is 23.3. The number of rotatable bonds is 8. The summed E-state index contributed by atoms with van der Waals surface area (Å²) in [5.74, 6) is -1.29. The van der Waals surface area contributed by atoms with Crippen LogP contribution in [-0.4, -0.2) is 44.2 Å². The zero-order valence-electron chi connectivity index (χ0n) is 18.8. The Bertz CT molecular complexity index is 1170. The van der Waals surface area contributed by atoms with Gasteiger partial charge in [0, 0.05) is 40.4 Å². The summed E-state index contributed by atoms with van der Waals surface area (Å²) in [7, 11) is -3.90. The number of hydrogen-bond acceptors (Lipinski definition) is 7. The van der Waals surface area contributed by atoms with Gasteiger partial charge < -0.3 is 10.1 Å². The lowest BCUT2D eigenvalue weighted by molar-refractivity contribution is -0.384. The number of hydrogen-bond donors (Lipinski definition) is 2. The summed E-state index contributed by atoms with van der Waals surface area (Å²) in [5, 5.41) is 15.0. The minimum absolute atomic E-state index is 0.0237. The van der Waals surface area contributed by atoms with Gasteiger partial charge in [0.2, 0.25) is 10.0 Å². The first-order valence-electron chi connectivity index (χ1n) is 10.0. The summed E-state index contributed by atoms with van der Waals surface area (Å²) in [6, 6.07) is 3.89. The molecule has 0 aliphatic carbocycles. The molecule has 0 radical (unpaired) electrons. The van der Waals surface area contributed by atoms with E-state index < -0.39 is 45.8 Å². The van der Waals surface area contributed by atoms with Crippen molar-refractivity contribution in [2.24, 2.45) is 0 Å². The van der Waals surface area contributed by atoms with E-state index in [1.54, 1.807) is 20.8 Å². The third kappa shape index (κ3) is 7.15. The van der Waals surface area contributed by atoms with Gasteiger partial charge in [-0.2, -0.15) is 13.2 Å². The monoisotopic (exact) mass is 503 g/mol. The fourth-order valence-corrected chi connectivity index (χ4v) is 4.40. The molecular weight excluding hydrogens is 479 g/mol. The van der Waals surface area contributed by atoms with Crippen molar-refractivity contribution in [1.82, 2.24) is 10.0 Å². The van der Waals surface area contributed by atoms with Crippen LogP contribution < -0.4 is 10.0 Å². The number of halogens is 3. The average molecular weight is 503 g/mol. The molecule has 0 spiro atoms. The molecule has 9 nitrogen and oxygen atoms in total. The predicted octanol–water partition coefficient (Wildman–Crippen LogP) is 3.56. The van der Waals surface area contributed by atoms with Crippen LogP contribution in [0, 0.1) is 10.1 Å². The molecule has 1 aromatic rings. The Morgan fingerprint density at radius 2 is 2.00 bits per heavy atom. The molecule has 1 aromatic carbocycles. The van der Waals surface area contributed by atoms with Gasteiger partial charge in [0.15, 0.2) is 6.61 Å². The third-order valence-corrected chi connectivity index (χ3v) is 5.85. The van der Waals surface area contributed by atoms with Gasteiger partial charge in [-0.05, 0) is 39.3 Å². The number of nitrogens with zero attached hydrogens (tertiary/aromatic N) is 1. The second-order valence-corrected chi connectivity index (χ2v) is 9.41. The third-order valence-electron chi connectivity index (χ3n) is 4.56. The van der Waals surface area contributed by atoms with Crippen molar-refractivity contribution < 1.29 is 36.0 Å². The van der Waals surface area contributed by atoms with Gasteiger partial charge in [-0.15, -0.1) is 0 Å². The highest BCUT2D eigenvalue weighted by Crippen LogP contribution is 2.36. The molecule has 0 bridgehead atoms. The van der Waals surface area contributed by atoms with Gasteiger partial charge in [0.1, 0.15) is 0 Å². The maximum Gasteiger partial charge on any atom is 0.422 e. The number of non-ortho nitro benzene ring substituents is 1. The number of nitro groups is 1. The van der Waals surface area contributed by atoms with Gasteiger partial charge >= 0.3 is 12.1 Å². The molecule has 1 aliphatic heterocycles. The van der Waals surface area contributed by atoms with Crippen molar-refractivity contribution in [2.75, 3.05) is 6.61 Å². The molecule has 0 saturated carbocycles. The quantitative estimate of drug-likeness (QED) is 0.315. The van der Waals surface area contributed by atoms with Crippen LogP contribution in [-0.2, 0) is 19.6 Å². The summed E-state index contributed by atoms with van der Waals surface area (Å²) in [6.45, 7) is 4.48. The summed E-state index contributed by atoms with van der Waals surface area (Å²) < 4.78 is 69.4. The molecule has 2 rings (SSSR count). The molecule has 1 aliphatic rings. The van der Waals surface area contributed by atoms with Crippen molar-refractivity contribution in [1.29, 1.82) is 0 Å². The van der Waals surface area contributed by atoms with Gasteiger partial charge in [-0.1, -0.05) is 12.1 Å². The second kappa shape index (κ2) is 10.4. The van der Waals surface area contributed by atoms with E-state index in [0.29, 0.717) is 5.70 Å². The fraction of sp³-hybridized carbons (Fsp3) is 0.381. The number of alkyl halides is 3. The molecule has 2 N–H and O–H groups in total. The van der Waals surface area contributed by atoms with Crippen LogP contribution in [0.25, 0.3) is 5.57 Å². The van der Waals surface area contributed by atoms with E-state index in [-0.39, 0.29) is 28.0 Å². The lowest BCUT2D eigenvalue weighted by Crippen LogP contribution is -2.36. The molecule has 0 saturated heterocycles. The van der Waals surface area contributed by atoms with E-state index in [1.165, 1.54) is 31.2 Å². The highest BCUT2D eigenvalue weighted by molar-refractivity contribution is 7.92. The van der Waals surface area contributed by atoms with Crippen LogP contribution in [0.2, 0.25) is 0 Å². The minimum Gasteiger partial charge on any atom is -0.453 e. The van der Waals surface area contributed by atoms with E-state index in [2.05, 4.69) is 14.8 Å². The number of sulfonamides is 1. The van der Waals surface area contributed by atoms with E-state index in [1.807, 2.05) is 0 Å². The lowest BCUT2D eigenvalue weighted by Gasteiger charge is -2.29. The van der Waals surface area contributed by atoms with Crippen molar-refractivity contribution in [3.8, 4) is 0 Å². The number of benzene rings is 1. The van der Waals surface area contributed by atoms with Crippen LogP contribution in [0.5, 0.6) is 0 Å². The Morgan fingerprint density at radius 3 is 2.56 bits per heavy atom. The maximum absolute atomic E-state index is 12.7. The standard InChI is InChI=1S/C21H24F3N3O6S/c1-12(2)26-34(31,32)9-8-17-13(3)25-14(4)18(20(28)33-11-21(22,23)24)19(17)15-6-5-7-16(10-15)27(29)30/h5-10,12,14,25-26H,11H2,1-4H3. The molecule has 0 amide bonds. The molecule has 1 unspecified atom stereocenters. The normalized spacial score (nSPS) is 17.4. The first-order chi connectivity index (χ1) is 15.6. The number of esters is 1. The number of dihydropyridines is 1. The van der Waals surface area contributed by atoms with E-state index in [4.69, 9.17) is 0 Å². The van der Waals surface area contributed by atoms with Crippen LogP contribution >= 0.6 is 0 Å². The molecular formula is C21H24F3N3O6S. The topological polar surface area (TPSA) is 128 Å². The number of ether oxygens (including phenoxy) is 1. The van der Waals surface area contributed by atoms with Crippen LogP contribution in [0.15, 0.2) is 52.6 Å². The molecule has 0 fully saturated rings. The second-order valence-electron chi connectivity index (χ2n) is 7.81. The Balaban J connectivity index is 2.72. The Hall–Kier alpha value is -3.19. The average Bonchev–Trinajstić information content (AvgIpc) is 2.69. The maximum atomic E-state index is 12.7. The molecule has 1 atom stereocenters. The number of allylic oxidation sites excluding steroid dienone is 4. The van der Waals surface area contributed by atoms with Gasteiger partial charge in [0.25, 0.3) is 5.69 Å². The Morgan fingerprint density at radius 1 is 1.35 bits per heavy atom. The minimum atomic E-state index is -4.77. The van der Waals surface area contributed by atoms with Gasteiger partial charge in [0.05, 0.1) is 16.5 Å². The van der Waals surface area contributed by atoms with Crippen LogP contribution in [0.1, 0.15) is 33.3 Å². The highest BCUT2D eigenvalue weighted by atomic mass is 32.2. The Kier molecular flexibility index (Phi) is 8.26. The van der Waals surface area contributed by atoms with Crippen molar-refractivity contribution in [2.45, 2.75) is 46.0 Å². The molecule has 13 heteroatoms. The SMILES string of the molecule is CC1=C(C=CS(=O)(=O)NC(C)C)C(c2cccc([N+](=O)[O-])c2)=C(C(=O)OCC(F)(F)F)C(C)N1. The number of nitro benzene ring substituents is 1. The van der Waals surface area contributed by atoms with Gasteiger partial charge in [-0.25, -0.2) is 17.9 Å². The Labute approximate surface area is 194 Å². The van der Waals surface area contributed by atoms with E-state index in [0.717, 1.165) is 11.5 Å². The molecule has 186 valence electrons. The molecule has 34 heavy (non-hydrogen) atoms. The van der Waals surface area contributed by atoms with Crippen LogP contribution in [0.4, 0.5) is 18.9 Å². The molecule has 1 heterocycles.